The number of fused-ring (bicyclic) bond motifs is 1. The zero-order valence-corrected chi connectivity index (χ0v) is 18.6. The lowest BCUT2D eigenvalue weighted by atomic mass is 10.2. The summed E-state index contributed by atoms with van der Waals surface area (Å²) in [4.78, 5) is 30.0. The highest BCUT2D eigenvalue weighted by molar-refractivity contribution is 5.74. The zero-order chi connectivity index (χ0) is 23.5. The van der Waals surface area contributed by atoms with E-state index in [2.05, 4.69) is 15.6 Å². The number of imidazole rings is 1. The molecule has 0 radical (unpaired) electrons. The average Bonchev–Trinajstić information content (AvgIpc) is 3.18. The van der Waals surface area contributed by atoms with Crippen LogP contribution in [0.2, 0.25) is 0 Å². The Labute approximate surface area is 189 Å². The quantitative estimate of drug-likeness (QED) is 0.398. The van der Waals surface area contributed by atoms with Crippen molar-refractivity contribution in [3.05, 3.63) is 80.7 Å². The molecule has 0 aliphatic heterocycles. The lowest BCUT2D eigenvalue weighted by molar-refractivity contribution is 0.414. The van der Waals surface area contributed by atoms with Gasteiger partial charge >= 0.3 is 5.69 Å². The number of anilines is 2. The van der Waals surface area contributed by atoms with E-state index in [1.165, 1.54) is 23.7 Å². The molecule has 4 rings (SSSR count). The van der Waals surface area contributed by atoms with Crippen molar-refractivity contribution < 1.29 is 9.13 Å². The number of ether oxygens (including phenoxy) is 1. The Balaban J connectivity index is 1.66. The first-order valence-corrected chi connectivity index (χ1v) is 10.4. The van der Waals surface area contributed by atoms with Crippen molar-refractivity contribution in [3.8, 4) is 5.75 Å². The van der Waals surface area contributed by atoms with Crippen molar-refractivity contribution in [2.45, 2.75) is 6.54 Å². The molecular formula is C23H25FN6O3. The molecule has 0 saturated carbocycles. The minimum absolute atomic E-state index is 0.294. The highest BCUT2D eigenvalue weighted by atomic mass is 19.1. The molecular weight excluding hydrogens is 427 g/mol. The Morgan fingerprint density at radius 3 is 2.45 bits per heavy atom. The first kappa shape index (κ1) is 22.1. The van der Waals surface area contributed by atoms with Gasteiger partial charge in [0.2, 0.25) is 5.95 Å². The first-order chi connectivity index (χ1) is 15.9. The van der Waals surface area contributed by atoms with Gasteiger partial charge in [0.05, 0.1) is 13.7 Å². The lowest BCUT2D eigenvalue weighted by Crippen LogP contribution is -2.37. The SMILES string of the molecule is COc1cccc(Cn2c(NCCNc3ccc(F)cc3)nc3c2c(=O)n(C)c(=O)n3C)c1. The number of rotatable bonds is 8. The van der Waals surface area contributed by atoms with Gasteiger partial charge in [-0.05, 0) is 42.0 Å². The molecule has 0 atom stereocenters. The smallest absolute Gasteiger partial charge is 0.332 e. The second kappa shape index (κ2) is 9.19. The fraction of sp³-hybridized carbons (Fsp3) is 0.261. The van der Waals surface area contributed by atoms with Crippen LogP contribution in [-0.4, -0.2) is 38.9 Å². The average molecular weight is 452 g/mol. The predicted octanol–water partition coefficient (Wildman–Crippen LogP) is 2.15. The standard InChI is InChI=1S/C23H25FN6O3/c1-28-20-19(21(31)29(2)23(28)32)30(14-15-5-4-6-18(13-15)33-3)22(27-20)26-12-11-25-17-9-7-16(24)8-10-17/h4-10,13,25H,11-12,14H2,1-3H3,(H,26,27). The van der Waals surface area contributed by atoms with E-state index in [4.69, 9.17) is 4.74 Å². The van der Waals surface area contributed by atoms with E-state index in [0.717, 1.165) is 15.8 Å². The largest absolute Gasteiger partial charge is 0.497 e. The van der Waals surface area contributed by atoms with Gasteiger partial charge in [0.1, 0.15) is 11.6 Å². The van der Waals surface area contributed by atoms with Gasteiger partial charge in [-0.25, -0.2) is 9.18 Å². The molecule has 172 valence electrons. The Hall–Kier alpha value is -4.08. The second-order valence-electron chi connectivity index (χ2n) is 7.61. The van der Waals surface area contributed by atoms with Crippen molar-refractivity contribution in [1.29, 1.82) is 0 Å². The number of nitrogens with zero attached hydrogens (tertiary/aromatic N) is 4. The zero-order valence-electron chi connectivity index (χ0n) is 18.6. The molecule has 0 aliphatic rings. The Morgan fingerprint density at radius 2 is 1.73 bits per heavy atom. The molecule has 2 N–H and O–H groups in total. The summed E-state index contributed by atoms with van der Waals surface area (Å²) in [6, 6.07) is 13.6. The predicted molar refractivity (Wildman–Crippen MR) is 126 cm³/mol. The molecule has 2 aromatic carbocycles. The Morgan fingerprint density at radius 1 is 1.00 bits per heavy atom. The molecule has 10 heteroatoms. The minimum atomic E-state index is -0.442. The first-order valence-electron chi connectivity index (χ1n) is 10.4. The normalized spacial score (nSPS) is 11.0. The summed E-state index contributed by atoms with van der Waals surface area (Å²) in [6.45, 7) is 1.37. The van der Waals surface area contributed by atoms with Crippen LogP contribution in [0.15, 0.2) is 58.1 Å². The number of aryl methyl sites for hydroxylation is 1. The van der Waals surface area contributed by atoms with Crippen LogP contribution in [0.4, 0.5) is 16.0 Å². The van der Waals surface area contributed by atoms with Crippen LogP contribution >= 0.6 is 0 Å². The highest BCUT2D eigenvalue weighted by Crippen LogP contribution is 2.20. The van der Waals surface area contributed by atoms with Crippen LogP contribution in [0.1, 0.15) is 5.56 Å². The van der Waals surface area contributed by atoms with Crippen LogP contribution in [0, 0.1) is 5.82 Å². The number of nitrogens with one attached hydrogen (secondary N) is 2. The summed E-state index contributed by atoms with van der Waals surface area (Å²) in [6.07, 6.45) is 0. The van der Waals surface area contributed by atoms with Crippen LogP contribution in [0.25, 0.3) is 11.2 Å². The van der Waals surface area contributed by atoms with E-state index >= 15 is 0 Å². The van der Waals surface area contributed by atoms with E-state index in [0.29, 0.717) is 42.5 Å². The van der Waals surface area contributed by atoms with Crippen LogP contribution < -0.4 is 26.6 Å². The highest BCUT2D eigenvalue weighted by Gasteiger charge is 2.19. The summed E-state index contributed by atoms with van der Waals surface area (Å²) in [5.74, 6) is 0.874. The fourth-order valence-corrected chi connectivity index (χ4v) is 3.64. The van der Waals surface area contributed by atoms with Crippen LogP contribution in [0.3, 0.4) is 0 Å². The van der Waals surface area contributed by atoms with Crippen molar-refractivity contribution >= 4 is 22.8 Å². The molecule has 0 bridgehead atoms. The molecule has 0 spiro atoms. The molecule has 2 aromatic heterocycles. The Bertz CT molecular complexity index is 1400. The fourth-order valence-electron chi connectivity index (χ4n) is 3.64. The van der Waals surface area contributed by atoms with Crippen molar-refractivity contribution in [3.63, 3.8) is 0 Å². The van der Waals surface area contributed by atoms with Gasteiger partial charge in [-0.15, -0.1) is 0 Å². The molecule has 33 heavy (non-hydrogen) atoms. The monoisotopic (exact) mass is 452 g/mol. The van der Waals surface area contributed by atoms with Gasteiger partial charge in [-0.3, -0.25) is 18.5 Å². The van der Waals surface area contributed by atoms with Crippen molar-refractivity contribution in [1.82, 2.24) is 18.7 Å². The number of halogens is 1. The molecule has 9 nitrogen and oxygen atoms in total. The van der Waals surface area contributed by atoms with Gasteiger partial charge in [0.15, 0.2) is 11.2 Å². The van der Waals surface area contributed by atoms with Gasteiger partial charge in [0, 0.05) is 32.9 Å². The molecule has 0 amide bonds. The summed E-state index contributed by atoms with van der Waals surface area (Å²) in [7, 11) is 4.64. The number of hydrogen-bond donors (Lipinski definition) is 2. The summed E-state index contributed by atoms with van der Waals surface area (Å²) in [5.41, 5.74) is 1.48. The van der Waals surface area contributed by atoms with Crippen molar-refractivity contribution in [2.75, 3.05) is 30.8 Å². The van der Waals surface area contributed by atoms with Gasteiger partial charge < -0.3 is 15.4 Å². The molecule has 0 fully saturated rings. The maximum atomic E-state index is 13.1. The topological polar surface area (TPSA) is 95.1 Å². The van der Waals surface area contributed by atoms with E-state index in [9.17, 15) is 14.0 Å². The van der Waals surface area contributed by atoms with E-state index < -0.39 is 11.2 Å². The number of methoxy groups -OCH3 is 1. The third kappa shape index (κ3) is 4.45. The van der Waals surface area contributed by atoms with Crippen LogP contribution in [0.5, 0.6) is 5.75 Å². The third-order valence-electron chi connectivity index (χ3n) is 5.40. The number of benzene rings is 2. The van der Waals surface area contributed by atoms with Crippen molar-refractivity contribution in [2.24, 2.45) is 14.1 Å². The minimum Gasteiger partial charge on any atom is -0.497 e. The maximum absolute atomic E-state index is 13.1. The Kier molecular flexibility index (Phi) is 6.16. The maximum Gasteiger partial charge on any atom is 0.332 e. The molecule has 2 heterocycles. The summed E-state index contributed by atoms with van der Waals surface area (Å²) < 4.78 is 22.6. The van der Waals surface area contributed by atoms with E-state index in [-0.39, 0.29) is 5.82 Å². The summed E-state index contributed by atoms with van der Waals surface area (Å²) in [5, 5.41) is 6.44. The van der Waals surface area contributed by atoms with Gasteiger partial charge in [-0.2, -0.15) is 4.98 Å². The third-order valence-corrected chi connectivity index (χ3v) is 5.40. The van der Waals surface area contributed by atoms with Gasteiger partial charge in [0.25, 0.3) is 5.56 Å². The lowest BCUT2D eigenvalue weighted by Gasteiger charge is -2.12. The van der Waals surface area contributed by atoms with Gasteiger partial charge in [-0.1, -0.05) is 12.1 Å². The van der Waals surface area contributed by atoms with Crippen LogP contribution in [-0.2, 0) is 20.6 Å². The molecule has 4 aromatic rings. The molecule has 0 unspecified atom stereocenters. The number of aromatic nitrogens is 4. The van der Waals surface area contributed by atoms with E-state index in [1.54, 1.807) is 30.9 Å². The number of hydrogen-bond acceptors (Lipinski definition) is 6. The van der Waals surface area contributed by atoms with E-state index in [1.807, 2.05) is 24.3 Å². The summed E-state index contributed by atoms with van der Waals surface area (Å²) >= 11 is 0. The second-order valence-corrected chi connectivity index (χ2v) is 7.61. The molecule has 0 saturated heterocycles. The molecule has 0 aliphatic carbocycles.